The standard InChI is InChI=1S/C27H38ClN3O4S/c1-19-11-8-12-22(17-19)18-30(21(3)26(33)29-27(4,5)6)25(32)15-10-16-31(36(7,34)35)24-14-9-13-23(28)20(24)2/h8-9,11-14,17,21H,10,15-16,18H2,1-7H3,(H,29,33)/t21-/m1/s1. The van der Waals surface area contributed by atoms with Crippen LogP contribution in [0, 0.1) is 13.8 Å². The molecule has 2 amide bonds. The Morgan fingerprint density at radius 2 is 1.72 bits per heavy atom. The third kappa shape index (κ3) is 8.52. The minimum Gasteiger partial charge on any atom is -0.350 e. The number of nitrogens with one attached hydrogen (secondary N) is 1. The third-order valence-corrected chi connectivity index (χ3v) is 7.35. The van der Waals surface area contributed by atoms with Crippen molar-refractivity contribution in [1.82, 2.24) is 10.2 Å². The molecule has 0 aliphatic heterocycles. The Bertz CT molecular complexity index is 1190. The lowest BCUT2D eigenvalue weighted by atomic mass is 10.1. The van der Waals surface area contributed by atoms with Gasteiger partial charge < -0.3 is 10.2 Å². The van der Waals surface area contributed by atoms with Gasteiger partial charge in [-0.3, -0.25) is 13.9 Å². The fraction of sp³-hybridized carbons (Fsp3) is 0.481. The molecule has 0 unspecified atom stereocenters. The fourth-order valence-corrected chi connectivity index (χ4v) is 5.10. The topological polar surface area (TPSA) is 86.8 Å². The molecule has 198 valence electrons. The molecule has 0 spiro atoms. The van der Waals surface area contributed by atoms with Gasteiger partial charge in [0.25, 0.3) is 0 Å². The van der Waals surface area contributed by atoms with Crippen LogP contribution in [-0.4, -0.2) is 49.5 Å². The summed E-state index contributed by atoms with van der Waals surface area (Å²) >= 11 is 6.21. The first kappa shape index (κ1) is 29.6. The van der Waals surface area contributed by atoms with Gasteiger partial charge in [-0.15, -0.1) is 0 Å². The van der Waals surface area contributed by atoms with E-state index >= 15 is 0 Å². The largest absolute Gasteiger partial charge is 0.350 e. The minimum atomic E-state index is -3.59. The van der Waals surface area contributed by atoms with Crippen LogP contribution in [0.25, 0.3) is 0 Å². The number of anilines is 1. The van der Waals surface area contributed by atoms with Crippen molar-refractivity contribution >= 4 is 39.1 Å². The minimum absolute atomic E-state index is 0.0879. The lowest BCUT2D eigenvalue weighted by Gasteiger charge is -2.32. The summed E-state index contributed by atoms with van der Waals surface area (Å²) in [6, 6.07) is 12.2. The molecule has 0 saturated carbocycles. The molecule has 36 heavy (non-hydrogen) atoms. The molecule has 0 bridgehead atoms. The van der Waals surface area contributed by atoms with E-state index in [-0.39, 0.29) is 37.7 Å². The molecule has 0 heterocycles. The molecule has 0 aliphatic carbocycles. The Hall–Kier alpha value is -2.58. The molecular weight excluding hydrogens is 498 g/mol. The van der Waals surface area contributed by atoms with Crippen molar-refractivity contribution in [2.45, 2.75) is 72.5 Å². The van der Waals surface area contributed by atoms with Crippen molar-refractivity contribution in [3.8, 4) is 0 Å². The molecule has 0 aromatic heterocycles. The lowest BCUT2D eigenvalue weighted by molar-refractivity contribution is -0.141. The van der Waals surface area contributed by atoms with Crippen LogP contribution >= 0.6 is 11.6 Å². The number of sulfonamides is 1. The Labute approximate surface area is 220 Å². The van der Waals surface area contributed by atoms with E-state index in [2.05, 4.69) is 5.32 Å². The van der Waals surface area contributed by atoms with E-state index in [1.54, 1.807) is 36.9 Å². The molecular formula is C27H38ClN3O4S. The molecule has 2 aromatic carbocycles. The van der Waals surface area contributed by atoms with Crippen LogP contribution in [0.2, 0.25) is 5.02 Å². The molecule has 7 nitrogen and oxygen atoms in total. The van der Waals surface area contributed by atoms with Crippen LogP contribution in [0.3, 0.4) is 0 Å². The van der Waals surface area contributed by atoms with Gasteiger partial charge in [0.1, 0.15) is 6.04 Å². The Kier molecular flexibility index (Phi) is 9.97. The van der Waals surface area contributed by atoms with Crippen LogP contribution in [0.15, 0.2) is 42.5 Å². The monoisotopic (exact) mass is 535 g/mol. The van der Waals surface area contributed by atoms with E-state index in [4.69, 9.17) is 11.6 Å². The second kappa shape index (κ2) is 12.1. The van der Waals surface area contributed by atoms with Crippen molar-refractivity contribution in [3.63, 3.8) is 0 Å². The number of benzene rings is 2. The SMILES string of the molecule is Cc1cccc(CN(C(=O)CCCN(c2cccc(Cl)c2C)S(C)(=O)=O)[C@H](C)C(=O)NC(C)(C)C)c1. The summed E-state index contributed by atoms with van der Waals surface area (Å²) in [5.74, 6) is -0.458. The summed E-state index contributed by atoms with van der Waals surface area (Å²) in [7, 11) is -3.59. The Balaban J connectivity index is 2.23. The van der Waals surface area contributed by atoms with Gasteiger partial charge in [0, 0.05) is 30.1 Å². The number of rotatable bonds is 10. The van der Waals surface area contributed by atoms with E-state index in [1.807, 2.05) is 52.0 Å². The van der Waals surface area contributed by atoms with Gasteiger partial charge in [0.05, 0.1) is 11.9 Å². The zero-order valence-corrected chi connectivity index (χ0v) is 23.8. The smallest absolute Gasteiger partial charge is 0.242 e. The van der Waals surface area contributed by atoms with Crippen LogP contribution in [0.4, 0.5) is 5.69 Å². The maximum absolute atomic E-state index is 13.4. The van der Waals surface area contributed by atoms with Crippen LogP contribution < -0.4 is 9.62 Å². The molecule has 0 aliphatic rings. The molecule has 2 aromatic rings. The first-order valence-electron chi connectivity index (χ1n) is 12.0. The second-order valence-electron chi connectivity index (χ2n) is 10.2. The van der Waals surface area contributed by atoms with Crippen molar-refractivity contribution in [2.75, 3.05) is 17.1 Å². The highest BCUT2D eigenvalue weighted by Crippen LogP contribution is 2.28. The zero-order valence-electron chi connectivity index (χ0n) is 22.3. The average Bonchev–Trinajstić information content (AvgIpc) is 2.75. The molecule has 1 N–H and O–H groups in total. The van der Waals surface area contributed by atoms with Gasteiger partial charge in [0.2, 0.25) is 21.8 Å². The molecule has 0 fully saturated rings. The molecule has 1 atom stereocenters. The first-order chi connectivity index (χ1) is 16.6. The predicted molar refractivity (Wildman–Crippen MR) is 147 cm³/mol. The first-order valence-corrected chi connectivity index (χ1v) is 14.2. The van der Waals surface area contributed by atoms with Gasteiger partial charge >= 0.3 is 0 Å². The average molecular weight is 536 g/mol. The van der Waals surface area contributed by atoms with Crippen LogP contribution in [0.1, 0.15) is 57.2 Å². The molecule has 0 saturated heterocycles. The second-order valence-corrected chi connectivity index (χ2v) is 12.6. The van der Waals surface area contributed by atoms with Crippen LogP contribution in [0.5, 0.6) is 0 Å². The fourth-order valence-electron chi connectivity index (χ4n) is 3.91. The van der Waals surface area contributed by atoms with Gasteiger partial charge in [0.15, 0.2) is 0 Å². The summed E-state index contributed by atoms with van der Waals surface area (Å²) in [5, 5.41) is 3.42. The van der Waals surface area contributed by atoms with Crippen molar-refractivity contribution in [3.05, 3.63) is 64.2 Å². The third-order valence-electron chi connectivity index (χ3n) is 5.76. The van der Waals surface area contributed by atoms with Crippen LogP contribution in [-0.2, 0) is 26.2 Å². The number of halogens is 1. The summed E-state index contributed by atoms with van der Waals surface area (Å²) in [4.78, 5) is 27.9. The maximum Gasteiger partial charge on any atom is 0.242 e. The van der Waals surface area contributed by atoms with E-state index in [0.717, 1.165) is 17.4 Å². The number of hydrogen-bond acceptors (Lipinski definition) is 4. The highest BCUT2D eigenvalue weighted by atomic mass is 35.5. The van der Waals surface area contributed by atoms with E-state index < -0.39 is 21.6 Å². The molecule has 9 heteroatoms. The molecule has 2 rings (SSSR count). The van der Waals surface area contributed by atoms with Crippen molar-refractivity contribution in [2.24, 2.45) is 0 Å². The zero-order chi connectivity index (χ0) is 27.3. The Morgan fingerprint density at radius 3 is 2.31 bits per heavy atom. The van der Waals surface area contributed by atoms with E-state index in [0.29, 0.717) is 16.3 Å². The molecule has 0 radical (unpaired) electrons. The summed E-state index contributed by atoms with van der Waals surface area (Å²) in [6.07, 6.45) is 1.51. The van der Waals surface area contributed by atoms with Gasteiger partial charge in [-0.2, -0.15) is 0 Å². The normalized spacial score (nSPS) is 12.7. The van der Waals surface area contributed by atoms with Crippen molar-refractivity contribution in [1.29, 1.82) is 0 Å². The van der Waals surface area contributed by atoms with E-state index in [1.165, 1.54) is 4.31 Å². The number of amides is 2. The van der Waals surface area contributed by atoms with Gasteiger partial charge in [-0.05, 0) is 71.2 Å². The maximum atomic E-state index is 13.4. The summed E-state index contributed by atoms with van der Waals surface area (Å²) < 4.78 is 26.4. The predicted octanol–water partition coefficient (Wildman–Crippen LogP) is 4.84. The van der Waals surface area contributed by atoms with E-state index in [9.17, 15) is 18.0 Å². The van der Waals surface area contributed by atoms with Crippen molar-refractivity contribution < 1.29 is 18.0 Å². The summed E-state index contributed by atoms with van der Waals surface area (Å²) in [5.41, 5.74) is 2.70. The summed E-state index contributed by atoms with van der Waals surface area (Å²) in [6.45, 7) is 11.5. The number of aryl methyl sites for hydroxylation is 1. The number of carbonyl (C=O) groups excluding carboxylic acids is 2. The number of hydrogen-bond donors (Lipinski definition) is 1. The number of nitrogens with zero attached hydrogens (tertiary/aromatic N) is 2. The lowest BCUT2D eigenvalue weighted by Crippen LogP contribution is -2.52. The Morgan fingerprint density at radius 1 is 1.08 bits per heavy atom. The van der Waals surface area contributed by atoms with Gasteiger partial charge in [-0.25, -0.2) is 8.42 Å². The highest BCUT2D eigenvalue weighted by Gasteiger charge is 2.29. The quantitative estimate of drug-likeness (QED) is 0.472. The highest BCUT2D eigenvalue weighted by molar-refractivity contribution is 7.92. The van der Waals surface area contributed by atoms with Gasteiger partial charge in [-0.1, -0.05) is 47.5 Å². The number of carbonyl (C=O) groups is 2.